The van der Waals surface area contributed by atoms with Crippen molar-refractivity contribution in [2.45, 2.75) is 50.0 Å². The predicted molar refractivity (Wildman–Crippen MR) is 135 cm³/mol. The van der Waals surface area contributed by atoms with Crippen molar-refractivity contribution < 1.29 is 24.2 Å². The van der Waals surface area contributed by atoms with Crippen LogP contribution < -0.4 is 9.64 Å². The van der Waals surface area contributed by atoms with Crippen LogP contribution >= 0.6 is 0 Å². The number of likely N-dealkylation sites (tertiary alicyclic amines) is 1. The van der Waals surface area contributed by atoms with Crippen molar-refractivity contribution in [2.24, 2.45) is 0 Å². The quantitative estimate of drug-likeness (QED) is 0.625. The lowest BCUT2D eigenvalue weighted by Gasteiger charge is -2.38. The minimum atomic E-state index is -1.18. The fraction of sp³-hybridized carbons (Fsp3) is 0.464. The first-order valence-corrected chi connectivity index (χ1v) is 12.7. The van der Waals surface area contributed by atoms with E-state index >= 15 is 0 Å². The van der Waals surface area contributed by atoms with Crippen LogP contribution in [0.15, 0.2) is 48.5 Å². The number of methoxy groups -OCH3 is 1. The normalized spacial score (nSPS) is 23.0. The third-order valence-electron chi connectivity index (χ3n) is 7.98. The fourth-order valence-corrected chi connectivity index (χ4v) is 5.92. The van der Waals surface area contributed by atoms with Crippen LogP contribution in [0, 0.1) is 0 Å². The minimum absolute atomic E-state index is 0.0215. The number of aromatic hydroxyl groups is 1. The average Bonchev–Trinajstić information content (AvgIpc) is 3.51. The van der Waals surface area contributed by atoms with E-state index < -0.39 is 5.41 Å². The fourth-order valence-electron chi connectivity index (χ4n) is 5.92. The van der Waals surface area contributed by atoms with Crippen LogP contribution in [-0.2, 0) is 19.8 Å². The molecule has 3 amide bonds. The Bertz CT molecular complexity index is 1120. The predicted octanol–water partition coefficient (Wildman–Crippen LogP) is 3.08. The molecule has 1 atom stereocenters. The van der Waals surface area contributed by atoms with Crippen LogP contribution in [0.3, 0.4) is 0 Å². The van der Waals surface area contributed by atoms with Gasteiger partial charge in [0.15, 0.2) is 0 Å². The molecule has 1 saturated carbocycles. The Labute approximate surface area is 211 Å². The summed E-state index contributed by atoms with van der Waals surface area (Å²) in [5, 5.41) is 9.55. The monoisotopic (exact) mass is 491 g/mol. The van der Waals surface area contributed by atoms with Gasteiger partial charge in [-0.05, 0) is 54.8 Å². The van der Waals surface area contributed by atoms with Gasteiger partial charge in [0, 0.05) is 50.7 Å². The largest absolute Gasteiger partial charge is 0.508 e. The SMILES string of the molecule is COc1ccc([C@@]2(CC(=O)N3CCN(c4ccc(O)cc4)CC3)CC(=O)N(C3CCCC3)C2=O)cc1. The Morgan fingerprint density at radius 1 is 0.972 bits per heavy atom. The van der Waals surface area contributed by atoms with E-state index in [2.05, 4.69) is 4.90 Å². The molecular formula is C28H33N3O5. The Kier molecular flexibility index (Phi) is 6.60. The van der Waals surface area contributed by atoms with Crippen molar-refractivity contribution in [1.82, 2.24) is 9.80 Å². The smallest absolute Gasteiger partial charge is 0.241 e. The van der Waals surface area contributed by atoms with Gasteiger partial charge in [-0.2, -0.15) is 0 Å². The number of carbonyl (C=O) groups excluding carboxylic acids is 3. The van der Waals surface area contributed by atoms with E-state index in [0.29, 0.717) is 37.5 Å². The van der Waals surface area contributed by atoms with Gasteiger partial charge < -0.3 is 19.6 Å². The number of hydrogen-bond donors (Lipinski definition) is 1. The molecular weight excluding hydrogens is 458 g/mol. The molecule has 2 saturated heterocycles. The Balaban J connectivity index is 1.36. The maximum Gasteiger partial charge on any atom is 0.241 e. The van der Waals surface area contributed by atoms with Crippen LogP contribution in [0.25, 0.3) is 0 Å². The zero-order valence-corrected chi connectivity index (χ0v) is 20.7. The van der Waals surface area contributed by atoms with Crippen LogP contribution in [-0.4, -0.2) is 72.0 Å². The molecule has 3 aliphatic rings. The summed E-state index contributed by atoms with van der Waals surface area (Å²) in [7, 11) is 1.58. The van der Waals surface area contributed by atoms with Crippen molar-refractivity contribution in [2.75, 3.05) is 38.2 Å². The van der Waals surface area contributed by atoms with Gasteiger partial charge in [-0.1, -0.05) is 25.0 Å². The molecule has 3 fully saturated rings. The number of benzene rings is 2. The van der Waals surface area contributed by atoms with Crippen LogP contribution in [0.1, 0.15) is 44.1 Å². The summed E-state index contributed by atoms with van der Waals surface area (Å²) >= 11 is 0. The number of carbonyl (C=O) groups is 3. The van der Waals surface area contributed by atoms with Crippen molar-refractivity contribution in [1.29, 1.82) is 0 Å². The molecule has 5 rings (SSSR count). The Hall–Kier alpha value is -3.55. The number of hydrogen-bond acceptors (Lipinski definition) is 6. The minimum Gasteiger partial charge on any atom is -0.508 e. The van der Waals surface area contributed by atoms with Gasteiger partial charge in [0.1, 0.15) is 11.5 Å². The number of nitrogens with zero attached hydrogens (tertiary/aromatic N) is 3. The Morgan fingerprint density at radius 2 is 1.61 bits per heavy atom. The highest BCUT2D eigenvalue weighted by Crippen LogP contribution is 2.43. The second-order valence-electron chi connectivity index (χ2n) is 10.1. The molecule has 8 heteroatoms. The lowest BCUT2D eigenvalue weighted by atomic mass is 9.75. The molecule has 0 aromatic heterocycles. The van der Waals surface area contributed by atoms with Gasteiger partial charge >= 0.3 is 0 Å². The summed E-state index contributed by atoms with van der Waals surface area (Å²) in [6.07, 6.45) is 3.70. The maximum absolute atomic E-state index is 13.9. The second-order valence-corrected chi connectivity index (χ2v) is 10.1. The zero-order valence-electron chi connectivity index (χ0n) is 20.7. The topological polar surface area (TPSA) is 90.4 Å². The van der Waals surface area contributed by atoms with Crippen LogP contribution in [0.4, 0.5) is 5.69 Å². The van der Waals surface area contributed by atoms with Crippen LogP contribution in [0.2, 0.25) is 0 Å². The van der Waals surface area contributed by atoms with E-state index in [-0.39, 0.29) is 42.4 Å². The van der Waals surface area contributed by atoms with E-state index in [1.165, 1.54) is 4.90 Å². The maximum atomic E-state index is 13.9. The van der Waals surface area contributed by atoms with E-state index in [0.717, 1.165) is 31.4 Å². The van der Waals surface area contributed by atoms with Gasteiger partial charge in [0.05, 0.1) is 12.5 Å². The van der Waals surface area contributed by atoms with E-state index in [9.17, 15) is 19.5 Å². The van der Waals surface area contributed by atoms with Crippen LogP contribution in [0.5, 0.6) is 11.5 Å². The third-order valence-corrected chi connectivity index (χ3v) is 7.98. The molecule has 36 heavy (non-hydrogen) atoms. The first-order chi connectivity index (χ1) is 17.4. The second kappa shape index (κ2) is 9.84. The highest BCUT2D eigenvalue weighted by molar-refractivity contribution is 6.11. The first kappa shape index (κ1) is 24.2. The molecule has 0 bridgehead atoms. The molecule has 2 heterocycles. The molecule has 0 spiro atoms. The molecule has 0 radical (unpaired) electrons. The van der Waals surface area contributed by atoms with E-state index in [1.54, 1.807) is 36.3 Å². The molecule has 8 nitrogen and oxygen atoms in total. The van der Waals surface area contributed by atoms with Crippen molar-refractivity contribution >= 4 is 23.4 Å². The summed E-state index contributed by atoms with van der Waals surface area (Å²) in [6.45, 7) is 2.39. The summed E-state index contributed by atoms with van der Waals surface area (Å²) < 4.78 is 5.29. The number of amides is 3. The molecule has 1 aliphatic carbocycles. The molecule has 1 N–H and O–H groups in total. The van der Waals surface area contributed by atoms with E-state index in [4.69, 9.17) is 4.74 Å². The van der Waals surface area contributed by atoms with Gasteiger partial charge in [-0.3, -0.25) is 19.3 Å². The molecule has 2 aromatic rings. The zero-order chi connectivity index (χ0) is 25.3. The number of ether oxygens (including phenoxy) is 1. The number of piperazine rings is 1. The Morgan fingerprint density at radius 3 is 2.22 bits per heavy atom. The summed E-state index contributed by atoms with van der Waals surface area (Å²) in [6, 6.07) is 14.2. The standard InChI is InChI=1S/C28H33N3O5/c1-36-24-12-6-20(7-13-24)28(19-26(34)31(27(28)35)22-4-2-3-5-22)18-25(33)30-16-14-29(15-17-30)21-8-10-23(32)11-9-21/h6-13,22,32H,2-5,14-19H2,1H3/t28-/m1/s1. The van der Waals surface area contributed by atoms with Crippen molar-refractivity contribution in [3.05, 3.63) is 54.1 Å². The number of imide groups is 1. The lowest BCUT2D eigenvalue weighted by molar-refractivity contribution is -0.144. The molecule has 190 valence electrons. The summed E-state index contributed by atoms with van der Waals surface area (Å²) in [4.78, 5) is 46.2. The summed E-state index contributed by atoms with van der Waals surface area (Å²) in [5.74, 6) is 0.368. The number of anilines is 1. The highest BCUT2D eigenvalue weighted by atomic mass is 16.5. The molecule has 0 unspecified atom stereocenters. The van der Waals surface area contributed by atoms with Gasteiger partial charge in [-0.25, -0.2) is 0 Å². The third kappa shape index (κ3) is 4.40. The van der Waals surface area contributed by atoms with Crippen molar-refractivity contribution in [3.8, 4) is 11.5 Å². The van der Waals surface area contributed by atoms with E-state index in [1.807, 2.05) is 24.3 Å². The van der Waals surface area contributed by atoms with Crippen molar-refractivity contribution in [3.63, 3.8) is 0 Å². The summed E-state index contributed by atoms with van der Waals surface area (Å²) in [5.41, 5.74) is 0.508. The first-order valence-electron chi connectivity index (χ1n) is 12.7. The average molecular weight is 492 g/mol. The highest BCUT2D eigenvalue weighted by Gasteiger charge is 2.56. The number of rotatable bonds is 6. The van der Waals surface area contributed by atoms with Gasteiger partial charge in [0.25, 0.3) is 0 Å². The molecule has 2 aromatic carbocycles. The van der Waals surface area contributed by atoms with Gasteiger partial charge in [0.2, 0.25) is 17.7 Å². The molecule has 2 aliphatic heterocycles. The number of phenolic OH excluding ortho intramolecular Hbond substituents is 1. The lowest BCUT2D eigenvalue weighted by Crippen LogP contribution is -2.51. The van der Waals surface area contributed by atoms with Gasteiger partial charge in [-0.15, -0.1) is 0 Å². The number of phenols is 1.